The van der Waals surface area contributed by atoms with Crippen LogP contribution in [-0.4, -0.2) is 65.3 Å². The van der Waals surface area contributed by atoms with Crippen LogP contribution in [0.25, 0.3) is 11.2 Å². The van der Waals surface area contributed by atoms with Gasteiger partial charge in [0.05, 0.1) is 20.3 Å². The van der Waals surface area contributed by atoms with Crippen LogP contribution in [0.5, 0.6) is 0 Å². The highest BCUT2D eigenvalue weighted by Crippen LogP contribution is 2.58. The predicted molar refractivity (Wildman–Crippen MR) is 93.4 cm³/mol. The van der Waals surface area contributed by atoms with Crippen LogP contribution in [0.3, 0.4) is 0 Å². The van der Waals surface area contributed by atoms with Crippen LogP contribution in [0.4, 0.5) is 5.95 Å². The maximum absolute atomic E-state index is 12.2. The SMILES string of the molecule is Cn1c[n+]([C@@H]2O[C@]3(COP(=O)(O)OP(=O)(O)O)COC2C3O)c2nc(N)[nH]c(=O)c21. The highest BCUT2D eigenvalue weighted by Gasteiger charge is 2.64. The Labute approximate surface area is 166 Å². The number of phosphoric ester groups is 1. The fraction of sp³-hybridized carbons (Fsp3) is 0.583. The number of nitrogen functional groups attached to an aromatic ring is 1. The van der Waals surface area contributed by atoms with Gasteiger partial charge in [-0.15, -0.1) is 0 Å². The van der Waals surface area contributed by atoms with Crippen LogP contribution >= 0.6 is 15.6 Å². The number of aliphatic hydroxyl groups excluding tert-OH is 1. The minimum atomic E-state index is -5.31. The van der Waals surface area contributed by atoms with E-state index in [9.17, 15) is 23.9 Å². The minimum absolute atomic E-state index is 0.140. The Morgan fingerprint density at radius 1 is 1.47 bits per heavy atom. The van der Waals surface area contributed by atoms with Gasteiger partial charge >= 0.3 is 21.3 Å². The summed E-state index contributed by atoms with van der Waals surface area (Å²) in [6, 6.07) is 0. The summed E-state index contributed by atoms with van der Waals surface area (Å²) in [5.41, 5.74) is 3.77. The fourth-order valence-corrected chi connectivity index (χ4v) is 5.19. The maximum atomic E-state index is 12.2. The Bertz CT molecular complexity index is 1160. The largest absolute Gasteiger partial charge is 0.481 e. The molecule has 2 fully saturated rings. The number of anilines is 1. The molecule has 4 rings (SSSR count). The van der Waals surface area contributed by atoms with Gasteiger partial charge in [0.1, 0.15) is 17.8 Å². The van der Waals surface area contributed by atoms with Gasteiger partial charge in [-0.1, -0.05) is 4.98 Å². The van der Waals surface area contributed by atoms with E-state index in [-0.39, 0.29) is 23.7 Å². The number of nitrogens with two attached hydrogens (primary N) is 1. The molecule has 0 aromatic carbocycles. The summed E-state index contributed by atoms with van der Waals surface area (Å²) in [7, 11) is -8.90. The predicted octanol–water partition coefficient (Wildman–Crippen LogP) is -2.62. The topological polar surface area (TPSA) is 233 Å². The lowest BCUT2D eigenvalue weighted by Gasteiger charge is -2.29. The number of nitrogens with zero attached hydrogens (tertiary/aromatic N) is 3. The number of hydrogen-bond acceptors (Lipinski definition) is 10. The molecule has 2 saturated heterocycles. The van der Waals surface area contributed by atoms with Crippen molar-refractivity contribution in [2.75, 3.05) is 18.9 Å². The summed E-state index contributed by atoms with van der Waals surface area (Å²) in [6.07, 6.45) is -1.86. The van der Waals surface area contributed by atoms with Gasteiger partial charge in [0.25, 0.3) is 11.5 Å². The molecule has 2 aromatic rings. The Morgan fingerprint density at radius 3 is 2.83 bits per heavy atom. The van der Waals surface area contributed by atoms with Gasteiger partial charge < -0.3 is 35.0 Å². The number of aliphatic hydroxyl groups is 1. The summed E-state index contributed by atoms with van der Waals surface area (Å²) in [6.45, 7) is -1.02. The number of H-pyrrole nitrogens is 1. The van der Waals surface area contributed by atoms with Gasteiger partial charge in [0.15, 0.2) is 6.33 Å². The molecule has 0 radical (unpaired) electrons. The summed E-state index contributed by atoms with van der Waals surface area (Å²) in [4.78, 5) is 45.5. The Balaban J connectivity index is 1.63. The van der Waals surface area contributed by atoms with Crippen LogP contribution < -0.4 is 15.9 Å². The quantitative estimate of drug-likeness (QED) is 0.188. The number of rotatable bonds is 6. The summed E-state index contributed by atoms with van der Waals surface area (Å²) >= 11 is 0. The van der Waals surface area contributed by atoms with Crippen molar-refractivity contribution in [3.8, 4) is 0 Å². The van der Waals surface area contributed by atoms with Crippen molar-refractivity contribution >= 4 is 32.8 Å². The highest BCUT2D eigenvalue weighted by atomic mass is 31.3. The molecule has 2 aliphatic rings. The zero-order valence-electron chi connectivity index (χ0n) is 15.2. The first kappa shape index (κ1) is 21.5. The molecule has 0 aliphatic carbocycles. The Hall–Kier alpha value is -1.71. The third-order valence-electron chi connectivity index (χ3n) is 4.75. The van der Waals surface area contributed by atoms with E-state index in [1.807, 2.05) is 0 Å². The van der Waals surface area contributed by atoms with E-state index >= 15 is 0 Å². The molecule has 7 N–H and O–H groups in total. The fourth-order valence-electron chi connectivity index (χ4n) is 3.54. The molecule has 2 bridgehead atoms. The second-order valence-electron chi connectivity index (χ2n) is 6.86. The Morgan fingerprint density at radius 2 is 2.17 bits per heavy atom. The molecule has 3 unspecified atom stereocenters. The smallest absolute Gasteiger partial charge is 0.387 e. The molecule has 0 amide bonds. The van der Waals surface area contributed by atoms with Gasteiger partial charge in [-0.2, -0.15) is 4.31 Å². The van der Waals surface area contributed by atoms with Crippen LogP contribution in [0.15, 0.2) is 11.1 Å². The highest BCUT2D eigenvalue weighted by molar-refractivity contribution is 7.60. The van der Waals surface area contributed by atoms with Crippen LogP contribution in [-0.2, 0) is 34.5 Å². The van der Waals surface area contributed by atoms with Crippen molar-refractivity contribution in [3.05, 3.63) is 16.7 Å². The van der Waals surface area contributed by atoms with Crippen molar-refractivity contribution in [2.24, 2.45) is 7.05 Å². The molecule has 2 aliphatic heterocycles. The van der Waals surface area contributed by atoms with E-state index in [4.69, 9.17) is 25.0 Å². The number of imidazole rings is 1. The van der Waals surface area contributed by atoms with E-state index < -0.39 is 51.8 Å². The molecule has 2 aromatic heterocycles. The molecule has 18 heteroatoms. The first-order valence-corrected chi connectivity index (χ1v) is 11.3. The van der Waals surface area contributed by atoms with Crippen LogP contribution in [0.2, 0.25) is 0 Å². The number of phosphoric acid groups is 2. The van der Waals surface area contributed by atoms with Gasteiger partial charge in [0.2, 0.25) is 11.7 Å². The average Bonchev–Trinajstić information content (AvgIpc) is 3.18. The van der Waals surface area contributed by atoms with Crippen molar-refractivity contribution in [2.45, 2.75) is 24.0 Å². The van der Waals surface area contributed by atoms with Crippen LogP contribution in [0.1, 0.15) is 6.23 Å². The number of fused-ring (bicyclic) bond motifs is 3. The normalized spacial score (nSPS) is 30.8. The van der Waals surface area contributed by atoms with E-state index in [0.717, 1.165) is 0 Å². The van der Waals surface area contributed by atoms with Gasteiger partial charge in [-0.25, -0.2) is 13.7 Å². The lowest BCUT2D eigenvalue weighted by atomic mass is 10.0. The van der Waals surface area contributed by atoms with Crippen LogP contribution in [0, 0.1) is 0 Å². The molecular formula is C12H18N5O11P2+. The zero-order valence-corrected chi connectivity index (χ0v) is 17.0. The van der Waals surface area contributed by atoms with Gasteiger partial charge in [0, 0.05) is 0 Å². The average molecular weight is 470 g/mol. The van der Waals surface area contributed by atoms with E-state index in [2.05, 4.69) is 18.8 Å². The first-order chi connectivity index (χ1) is 13.8. The molecule has 30 heavy (non-hydrogen) atoms. The third kappa shape index (κ3) is 3.61. The summed E-state index contributed by atoms with van der Waals surface area (Å²) in [5.74, 6) is -0.147. The van der Waals surface area contributed by atoms with Crippen molar-refractivity contribution < 1.29 is 51.8 Å². The van der Waals surface area contributed by atoms with Gasteiger partial charge in [-0.3, -0.25) is 18.9 Å². The van der Waals surface area contributed by atoms with Crippen molar-refractivity contribution in [1.82, 2.24) is 14.5 Å². The maximum Gasteiger partial charge on any atom is 0.481 e. The number of aromatic nitrogens is 4. The molecule has 0 spiro atoms. The number of ether oxygens (including phenoxy) is 2. The number of aromatic amines is 1. The summed E-state index contributed by atoms with van der Waals surface area (Å²) < 4.78 is 45.1. The van der Waals surface area contributed by atoms with Crippen molar-refractivity contribution in [1.29, 1.82) is 0 Å². The number of hydrogen-bond donors (Lipinski definition) is 6. The Kier molecular flexibility index (Phi) is 4.95. The molecule has 16 nitrogen and oxygen atoms in total. The van der Waals surface area contributed by atoms with E-state index in [1.54, 1.807) is 7.05 Å². The van der Waals surface area contributed by atoms with Gasteiger partial charge in [-0.05, 0) is 0 Å². The monoisotopic (exact) mass is 470 g/mol. The number of nitrogens with one attached hydrogen (secondary N) is 1. The molecule has 4 heterocycles. The molecule has 0 saturated carbocycles. The lowest BCUT2D eigenvalue weighted by molar-refractivity contribution is -0.752. The lowest BCUT2D eigenvalue weighted by Crippen LogP contribution is -2.50. The molecule has 166 valence electrons. The first-order valence-electron chi connectivity index (χ1n) is 8.30. The second kappa shape index (κ2) is 6.90. The van der Waals surface area contributed by atoms with E-state index in [1.165, 1.54) is 15.5 Å². The number of aryl methyl sites for hydroxylation is 1. The standard InChI is InChI=1S/C12H17N5O11P2/c1-16-4-17(8-5(16)9(19)15-11(13)14-8)10-6-7(18)12(27-10,2-25-6)3-26-30(23,24)28-29(20,21)22/h4,6-7,10,18H,2-3H2,1H3,(H5-,13,14,15,19,20,21,22,23,24)/p+1/t6?,7?,10-,12+/m1/s1. The zero-order chi connectivity index (χ0) is 22.1. The minimum Gasteiger partial charge on any atom is -0.387 e. The molecular weight excluding hydrogens is 452 g/mol. The second-order valence-corrected chi connectivity index (χ2v) is 9.69. The molecule has 5 atom stereocenters. The van der Waals surface area contributed by atoms with E-state index in [0.29, 0.717) is 0 Å². The summed E-state index contributed by atoms with van der Waals surface area (Å²) in [5, 5.41) is 10.6. The third-order valence-corrected chi connectivity index (χ3v) is 6.88. The van der Waals surface area contributed by atoms with Crippen molar-refractivity contribution in [3.63, 3.8) is 0 Å².